The largest absolute Gasteiger partial charge is 0.495 e. The molecule has 2 amide bonds. The van der Waals surface area contributed by atoms with Crippen LogP contribution in [-0.2, 0) is 4.79 Å². The zero-order valence-corrected chi connectivity index (χ0v) is 15.3. The van der Waals surface area contributed by atoms with Crippen LogP contribution in [0.1, 0.15) is 29.6 Å². The molecule has 7 heteroatoms. The van der Waals surface area contributed by atoms with Gasteiger partial charge in [0, 0.05) is 24.2 Å². The zero-order chi connectivity index (χ0) is 19.4. The van der Waals surface area contributed by atoms with Crippen LogP contribution >= 0.6 is 0 Å². The third-order valence-corrected chi connectivity index (χ3v) is 4.46. The van der Waals surface area contributed by atoms with Gasteiger partial charge in [-0.3, -0.25) is 9.59 Å². The maximum atomic E-state index is 13.8. The number of hydrogen-bond acceptors (Lipinski definition) is 4. The molecule has 0 unspecified atom stereocenters. The van der Waals surface area contributed by atoms with Gasteiger partial charge in [0.15, 0.2) is 11.6 Å². The number of rotatable bonds is 5. The second-order valence-electron chi connectivity index (χ2n) is 6.19. The molecule has 1 heterocycles. The summed E-state index contributed by atoms with van der Waals surface area (Å²) < 4.78 is 24.1. The van der Waals surface area contributed by atoms with E-state index in [1.807, 2.05) is 0 Å². The van der Waals surface area contributed by atoms with Gasteiger partial charge >= 0.3 is 0 Å². The number of benzene rings is 2. The minimum atomic E-state index is -0.612. The van der Waals surface area contributed by atoms with Crippen molar-refractivity contribution in [2.45, 2.75) is 19.3 Å². The van der Waals surface area contributed by atoms with Crippen LogP contribution in [0.15, 0.2) is 36.4 Å². The van der Waals surface area contributed by atoms with Gasteiger partial charge in [0.2, 0.25) is 5.91 Å². The Morgan fingerprint density at radius 3 is 2.48 bits per heavy atom. The first-order valence-corrected chi connectivity index (χ1v) is 8.67. The van der Waals surface area contributed by atoms with Crippen LogP contribution < -0.4 is 19.7 Å². The molecule has 0 atom stereocenters. The molecule has 0 aromatic heterocycles. The maximum absolute atomic E-state index is 13.8. The zero-order valence-electron chi connectivity index (χ0n) is 15.3. The van der Waals surface area contributed by atoms with Crippen molar-refractivity contribution in [1.29, 1.82) is 0 Å². The number of hydrogen-bond donors (Lipinski definition) is 1. The molecular formula is C20H21FN2O4. The average molecular weight is 372 g/mol. The number of nitrogens with one attached hydrogen (secondary N) is 1. The highest BCUT2D eigenvalue weighted by Gasteiger charge is 2.23. The lowest BCUT2D eigenvalue weighted by Gasteiger charge is -2.28. The molecular weight excluding hydrogens is 351 g/mol. The summed E-state index contributed by atoms with van der Waals surface area (Å²) >= 11 is 0. The molecule has 1 fully saturated rings. The Hall–Kier alpha value is -3.09. The standard InChI is InChI=1S/C20H21FN2O4/c1-26-17-8-6-13(11-15(17)21)20(25)22-14-7-9-18(27-2)16(12-14)23-10-4-3-5-19(23)24/h6-9,11-12H,3-5,10H2,1-2H3,(H,22,25). The van der Waals surface area contributed by atoms with Gasteiger partial charge < -0.3 is 19.7 Å². The molecule has 1 N–H and O–H groups in total. The molecule has 0 spiro atoms. The van der Waals surface area contributed by atoms with E-state index < -0.39 is 11.7 Å². The van der Waals surface area contributed by atoms with Crippen molar-refractivity contribution >= 4 is 23.2 Å². The summed E-state index contributed by atoms with van der Waals surface area (Å²) in [5, 5.41) is 2.73. The number of piperidine rings is 1. The highest BCUT2D eigenvalue weighted by molar-refractivity contribution is 6.05. The first-order valence-electron chi connectivity index (χ1n) is 8.67. The summed E-state index contributed by atoms with van der Waals surface area (Å²) in [6.07, 6.45) is 2.28. The second kappa shape index (κ2) is 8.07. The smallest absolute Gasteiger partial charge is 0.255 e. The van der Waals surface area contributed by atoms with Gasteiger partial charge in [-0.05, 0) is 49.2 Å². The van der Waals surface area contributed by atoms with Crippen molar-refractivity contribution < 1.29 is 23.5 Å². The van der Waals surface area contributed by atoms with Gasteiger partial charge in [0.05, 0.1) is 19.9 Å². The fraction of sp³-hybridized carbons (Fsp3) is 0.300. The van der Waals surface area contributed by atoms with Crippen LogP contribution in [0.3, 0.4) is 0 Å². The summed E-state index contributed by atoms with van der Waals surface area (Å²) in [6.45, 7) is 0.607. The molecule has 1 aliphatic heterocycles. The van der Waals surface area contributed by atoms with Crippen LogP contribution in [0.25, 0.3) is 0 Å². The van der Waals surface area contributed by atoms with E-state index in [2.05, 4.69) is 5.32 Å². The van der Waals surface area contributed by atoms with E-state index in [4.69, 9.17) is 9.47 Å². The molecule has 1 saturated heterocycles. The summed E-state index contributed by atoms with van der Waals surface area (Å²) in [7, 11) is 2.89. The van der Waals surface area contributed by atoms with Gasteiger partial charge in [-0.1, -0.05) is 0 Å². The van der Waals surface area contributed by atoms with E-state index >= 15 is 0 Å². The summed E-state index contributed by atoms with van der Waals surface area (Å²) in [5.74, 6) is -0.419. The van der Waals surface area contributed by atoms with Gasteiger partial charge in [-0.25, -0.2) is 4.39 Å². The van der Waals surface area contributed by atoms with Crippen molar-refractivity contribution in [1.82, 2.24) is 0 Å². The Morgan fingerprint density at radius 2 is 1.81 bits per heavy atom. The first kappa shape index (κ1) is 18.7. The van der Waals surface area contributed by atoms with Crippen molar-refractivity contribution in [2.24, 2.45) is 0 Å². The maximum Gasteiger partial charge on any atom is 0.255 e. The molecule has 3 rings (SSSR count). The van der Waals surface area contributed by atoms with Crippen LogP contribution in [0.2, 0.25) is 0 Å². The van der Waals surface area contributed by atoms with Crippen LogP contribution in [0.4, 0.5) is 15.8 Å². The fourth-order valence-electron chi connectivity index (χ4n) is 3.05. The second-order valence-corrected chi connectivity index (χ2v) is 6.19. The molecule has 2 aromatic rings. The van der Waals surface area contributed by atoms with Crippen molar-refractivity contribution in [3.05, 3.63) is 47.8 Å². The average Bonchev–Trinajstić information content (AvgIpc) is 2.68. The summed E-state index contributed by atoms with van der Waals surface area (Å²) in [5.41, 5.74) is 1.27. The van der Waals surface area contributed by atoms with Gasteiger partial charge in [-0.15, -0.1) is 0 Å². The highest BCUT2D eigenvalue weighted by Crippen LogP contribution is 2.33. The first-order chi connectivity index (χ1) is 13.0. The normalized spacial score (nSPS) is 14.0. The third kappa shape index (κ3) is 4.02. The summed E-state index contributed by atoms with van der Waals surface area (Å²) in [6, 6.07) is 9.06. The van der Waals surface area contributed by atoms with Crippen LogP contribution in [0.5, 0.6) is 11.5 Å². The minimum Gasteiger partial charge on any atom is -0.495 e. The number of carbonyl (C=O) groups is 2. The number of anilines is 2. The molecule has 142 valence electrons. The Balaban J connectivity index is 1.84. The lowest BCUT2D eigenvalue weighted by Crippen LogP contribution is -2.35. The van der Waals surface area contributed by atoms with E-state index in [0.29, 0.717) is 30.1 Å². The molecule has 2 aromatic carbocycles. The number of methoxy groups -OCH3 is 2. The molecule has 6 nitrogen and oxygen atoms in total. The fourth-order valence-corrected chi connectivity index (χ4v) is 3.05. The van der Waals surface area contributed by atoms with E-state index in [0.717, 1.165) is 18.9 Å². The number of ether oxygens (including phenoxy) is 2. The monoisotopic (exact) mass is 372 g/mol. The number of halogens is 1. The summed E-state index contributed by atoms with van der Waals surface area (Å²) in [4.78, 5) is 26.4. The highest BCUT2D eigenvalue weighted by atomic mass is 19.1. The lowest BCUT2D eigenvalue weighted by molar-refractivity contribution is -0.119. The predicted molar refractivity (Wildman–Crippen MR) is 100 cm³/mol. The number of carbonyl (C=O) groups excluding carboxylic acids is 2. The third-order valence-electron chi connectivity index (χ3n) is 4.46. The van der Waals surface area contributed by atoms with Crippen molar-refractivity contribution in [2.75, 3.05) is 31.0 Å². The Kier molecular flexibility index (Phi) is 5.59. The molecule has 0 bridgehead atoms. The SMILES string of the molecule is COc1ccc(C(=O)Nc2ccc(OC)c(N3CCCCC3=O)c2)cc1F. The molecule has 1 aliphatic rings. The molecule has 0 saturated carbocycles. The van der Waals surface area contributed by atoms with Gasteiger partial charge in [0.25, 0.3) is 5.91 Å². The minimum absolute atomic E-state index is 0.0280. The lowest BCUT2D eigenvalue weighted by atomic mass is 10.1. The Bertz CT molecular complexity index is 869. The van der Waals surface area contributed by atoms with Gasteiger partial charge in [0.1, 0.15) is 5.75 Å². The van der Waals surface area contributed by atoms with E-state index in [9.17, 15) is 14.0 Å². The Morgan fingerprint density at radius 1 is 1.07 bits per heavy atom. The van der Waals surface area contributed by atoms with Crippen LogP contribution in [-0.4, -0.2) is 32.6 Å². The quantitative estimate of drug-likeness (QED) is 0.871. The van der Waals surface area contributed by atoms with E-state index in [1.54, 1.807) is 23.1 Å². The van der Waals surface area contributed by atoms with Crippen LogP contribution in [0, 0.1) is 5.82 Å². The van der Waals surface area contributed by atoms with Gasteiger partial charge in [-0.2, -0.15) is 0 Å². The molecule has 27 heavy (non-hydrogen) atoms. The van der Waals surface area contributed by atoms with Crippen molar-refractivity contribution in [3.8, 4) is 11.5 Å². The molecule has 0 radical (unpaired) electrons. The number of nitrogens with zero attached hydrogens (tertiary/aromatic N) is 1. The van der Waals surface area contributed by atoms with E-state index in [-0.39, 0.29) is 17.2 Å². The number of amides is 2. The molecule has 0 aliphatic carbocycles. The van der Waals surface area contributed by atoms with Crippen molar-refractivity contribution in [3.63, 3.8) is 0 Å². The van der Waals surface area contributed by atoms with E-state index in [1.165, 1.54) is 26.4 Å². The predicted octanol–water partition coefficient (Wildman–Crippen LogP) is 3.61. The Labute approximate surface area is 156 Å². The topological polar surface area (TPSA) is 67.9 Å².